The molecule has 0 bridgehead atoms. The van der Waals surface area contributed by atoms with Gasteiger partial charge in [0.25, 0.3) is 0 Å². The third kappa shape index (κ3) is 3.60. The molecule has 1 nitrogen and oxygen atoms in total. The van der Waals surface area contributed by atoms with Gasteiger partial charge < -0.3 is 5.73 Å². The van der Waals surface area contributed by atoms with Crippen molar-refractivity contribution in [2.24, 2.45) is 5.73 Å². The molecule has 0 unspecified atom stereocenters. The van der Waals surface area contributed by atoms with E-state index in [0.29, 0.717) is 0 Å². The fourth-order valence-electron chi connectivity index (χ4n) is 1.54. The summed E-state index contributed by atoms with van der Waals surface area (Å²) in [5.41, 5.74) is 7.01. The largest absolute Gasteiger partial charge is 0.324 e. The van der Waals surface area contributed by atoms with E-state index < -0.39 is 0 Å². The van der Waals surface area contributed by atoms with Gasteiger partial charge in [0.05, 0.1) is 0 Å². The van der Waals surface area contributed by atoms with Gasteiger partial charge in [-0.25, -0.2) is 0 Å². The quantitative estimate of drug-likeness (QED) is 0.765. The minimum Gasteiger partial charge on any atom is -0.324 e. The van der Waals surface area contributed by atoms with Crippen molar-refractivity contribution >= 4 is 43.6 Å². The lowest BCUT2D eigenvalue weighted by Gasteiger charge is -2.09. The van der Waals surface area contributed by atoms with Crippen molar-refractivity contribution in [2.45, 2.75) is 22.8 Å². The second kappa shape index (κ2) is 6.24. The molecule has 1 atom stereocenters. The fourth-order valence-corrected chi connectivity index (χ4v) is 3.61. The maximum Gasteiger partial charge on any atom is 0.0318 e. The smallest absolute Gasteiger partial charge is 0.0318 e. The van der Waals surface area contributed by atoms with Gasteiger partial charge in [0.2, 0.25) is 0 Å². The van der Waals surface area contributed by atoms with E-state index in [-0.39, 0.29) is 6.04 Å². The Labute approximate surface area is 128 Å². The summed E-state index contributed by atoms with van der Waals surface area (Å²) < 4.78 is 2.18. The normalized spacial score (nSPS) is 12.4. The molecule has 94 valence electrons. The first-order chi connectivity index (χ1) is 8.56. The standard InChI is InChI=1S/C14H13Br2NS/c1-9(17)10-5-6-14(13(16)7-10)18-12-4-2-3-11(15)8-12/h2-9H,17H2,1H3/t9-/m0/s1. The average molecular weight is 387 g/mol. The summed E-state index contributed by atoms with van der Waals surface area (Å²) in [5.74, 6) is 0. The van der Waals surface area contributed by atoms with E-state index in [1.54, 1.807) is 11.8 Å². The Morgan fingerprint density at radius 3 is 2.50 bits per heavy atom. The number of hydrogen-bond acceptors (Lipinski definition) is 2. The van der Waals surface area contributed by atoms with Crippen LogP contribution in [0, 0.1) is 0 Å². The number of rotatable bonds is 3. The highest BCUT2D eigenvalue weighted by Crippen LogP contribution is 2.35. The van der Waals surface area contributed by atoms with Crippen LogP contribution in [0.4, 0.5) is 0 Å². The summed E-state index contributed by atoms with van der Waals surface area (Å²) in [4.78, 5) is 2.40. The SMILES string of the molecule is C[C@H](N)c1ccc(Sc2cccc(Br)c2)c(Br)c1. The lowest BCUT2D eigenvalue weighted by atomic mass is 10.1. The zero-order valence-electron chi connectivity index (χ0n) is 9.86. The van der Waals surface area contributed by atoms with Gasteiger partial charge in [0.15, 0.2) is 0 Å². The first kappa shape index (κ1) is 14.1. The molecule has 2 rings (SSSR count). The van der Waals surface area contributed by atoms with Crippen LogP contribution in [0.5, 0.6) is 0 Å². The van der Waals surface area contributed by atoms with Crippen LogP contribution in [-0.2, 0) is 0 Å². The Kier molecular flexibility index (Phi) is 4.90. The topological polar surface area (TPSA) is 26.0 Å². The molecule has 0 aromatic heterocycles. The molecule has 0 aliphatic rings. The van der Waals surface area contributed by atoms with Gasteiger partial charge in [-0.2, -0.15) is 0 Å². The van der Waals surface area contributed by atoms with E-state index >= 15 is 0 Å². The van der Waals surface area contributed by atoms with E-state index in [1.807, 2.05) is 19.1 Å². The van der Waals surface area contributed by atoms with Crippen LogP contribution >= 0.6 is 43.6 Å². The van der Waals surface area contributed by atoms with Crippen molar-refractivity contribution in [1.82, 2.24) is 0 Å². The first-order valence-corrected chi connectivity index (χ1v) is 7.95. The van der Waals surface area contributed by atoms with Crippen LogP contribution in [0.1, 0.15) is 18.5 Å². The van der Waals surface area contributed by atoms with Crippen molar-refractivity contribution in [3.05, 3.63) is 57.0 Å². The molecule has 0 amide bonds. The van der Waals surface area contributed by atoms with Gasteiger partial charge in [-0.1, -0.05) is 39.8 Å². The molecule has 0 spiro atoms. The molecule has 0 aliphatic heterocycles. The summed E-state index contributed by atoms with van der Waals surface area (Å²) in [6, 6.07) is 14.6. The molecule has 0 saturated carbocycles. The number of benzene rings is 2. The second-order valence-corrected chi connectivity index (χ2v) is 6.92. The Balaban J connectivity index is 2.24. The second-order valence-electron chi connectivity index (χ2n) is 4.04. The number of hydrogen-bond donors (Lipinski definition) is 1. The van der Waals surface area contributed by atoms with Crippen molar-refractivity contribution < 1.29 is 0 Å². The van der Waals surface area contributed by atoms with Crippen molar-refractivity contribution in [3.8, 4) is 0 Å². The van der Waals surface area contributed by atoms with Gasteiger partial charge >= 0.3 is 0 Å². The summed E-state index contributed by atoms with van der Waals surface area (Å²) in [7, 11) is 0. The Hall–Kier alpha value is -0.290. The maximum atomic E-state index is 5.87. The third-order valence-corrected chi connectivity index (χ3v) is 4.98. The molecule has 2 N–H and O–H groups in total. The molecular weight excluding hydrogens is 374 g/mol. The molecule has 0 heterocycles. The van der Waals surface area contributed by atoms with Crippen LogP contribution in [0.15, 0.2) is 61.2 Å². The molecular formula is C14H13Br2NS. The van der Waals surface area contributed by atoms with Gasteiger partial charge in [0.1, 0.15) is 0 Å². The zero-order chi connectivity index (χ0) is 13.1. The van der Waals surface area contributed by atoms with Crippen LogP contribution in [-0.4, -0.2) is 0 Å². The van der Waals surface area contributed by atoms with E-state index in [4.69, 9.17) is 5.73 Å². The average Bonchev–Trinajstić information content (AvgIpc) is 2.31. The molecule has 18 heavy (non-hydrogen) atoms. The van der Waals surface area contributed by atoms with E-state index in [9.17, 15) is 0 Å². The molecule has 4 heteroatoms. The minimum atomic E-state index is 0.0613. The Bertz CT molecular complexity index is 555. The molecule has 0 aliphatic carbocycles. The van der Waals surface area contributed by atoms with Crippen LogP contribution in [0.2, 0.25) is 0 Å². The predicted octanol–water partition coefficient (Wildman–Crippen LogP) is 5.38. The Morgan fingerprint density at radius 2 is 1.89 bits per heavy atom. The molecule has 0 saturated heterocycles. The summed E-state index contributed by atoms with van der Waals surface area (Å²) in [5, 5.41) is 0. The van der Waals surface area contributed by atoms with Crippen molar-refractivity contribution in [3.63, 3.8) is 0 Å². The third-order valence-electron chi connectivity index (χ3n) is 2.51. The highest BCUT2D eigenvalue weighted by molar-refractivity contribution is 9.10. The minimum absolute atomic E-state index is 0.0613. The van der Waals surface area contributed by atoms with Crippen LogP contribution in [0.25, 0.3) is 0 Å². The number of nitrogens with two attached hydrogens (primary N) is 1. The van der Waals surface area contributed by atoms with Crippen LogP contribution in [0.3, 0.4) is 0 Å². The summed E-state index contributed by atoms with van der Waals surface area (Å²) >= 11 is 8.82. The maximum absolute atomic E-state index is 5.87. The summed E-state index contributed by atoms with van der Waals surface area (Å²) in [6.45, 7) is 1.99. The summed E-state index contributed by atoms with van der Waals surface area (Å²) in [6.07, 6.45) is 0. The Morgan fingerprint density at radius 1 is 1.11 bits per heavy atom. The first-order valence-electron chi connectivity index (χ1n) is 5.54. The highest BCUT2D eigenvalue weighted by Gasteiger charge is 2.06. The lowest BCUT2D eigenvalue weighted by Crippen LogP contribution is -2.04. The monoisotopic (exact) mass is 385 g/mol. The zero-order valence-corrected chi connectivity index (χ0v) is 13.8. The van der Waals surface area contributed by atoms with Gasteiger partial charge in [-0.3, -0.25) is 0 Å². The highest BCUT2D eigenvalue weighted by atomic mass is 79.9. The van der Waals surface area contributed by atoms with E-state index in [1.165, 1.54) is 9.79 Å². The van der Waals surface area contributed by atoms with Crippen LogP contribution < -0.4 is 5.73 Å². The molecule has 2 aromatic carbocycles. The van der Waals surface area contributed by atoms with Gasteiger partial charge in [0, 0.05) is 24.8 Å². The van der Waals surface area contributed by atoms with Crippen molar-refractivity contribution in [1.29, 1.82) is 0 Å². The van der Waals surface area contributed by atoms with E-state index in [0.717, 1.165) is 14.5 Å². The predicted molar refractivity (Wildman–Crippen MR) is 85.0 cm³/mol. The van der Waals surface area contributed by atoms with Gasteiger partial charge in [-0.15, -0.1) is 0 Å². The molecule has 0 radical (unpaired) electrons. The van der Waals surface area contributed by atoms with Gasteiger partial charge in [-0.05, 0) is 58.7 Å². The van der Waals surface area contributed by atoms with Crippen molar-refractivity contribution in [2.75, 3.05) is 0 Å². The lowest BCUT2D eigenvalue weighted by molar-refractivity contribution is 0.815. The fraction of sp³-hybridized carbons (Fsp3) is 0.143. The molecule has 0 fully saturated rings. The van der Waals surface area contributed by atoms with E-state index in [2.05, 4.69) is 62.2 Å². The number of halogens is 2. The molecule has 2 aromatic rings.